The second kappa shape index (κ2) is 6.35. The zero-order chi connectivity index (χ0) is 15.4. The molecular formula is C20H17ClN. The molecular weight excluding hydrogens is 290 g/mol. The van der Waals surface area contributed by atoms with E-state index in [1.807, 2.05) is 60.7 Å². The van der Waals surface area contributed by atoms with Gasteiger partial charge >= 0.3 is 0 Å². The average molecular weight is 307 g/mol. The highest BCUT2D eigenvalue weighted by atomic mass is 35.5. The fourth-order valence-electron chi connectivity index (χ4n) is 2.94. The van der Waals surface area contributed by atoms with Gasteiger partial charge in [0.15, 0.2) is 0 Å². The van der Waals surface area contributed by atoms with Gasteiger partial charge in [-0.15, -0.1) is 0 Å². The van der Waals surface area contributed by atoms with Gasteiger partial charge in [0.2, 0.25) is 0 Å². The SMILES string of the molecule is N[CH]C(c1ccccc1)(c1ccccc1)c1ccccc1Cl. The normalized spacial score (nSPS) is 11.4. The number of benzene rings is 3. The van der Waals surface area contributed by atoms with Gasteiger partial charge in [0.1, 0.15) is 0 Å². The Morgan fingerprint density at radius 2 is 1.14 bits per heavy atom. The summed E-state index contributed by atoms with van der Waals surface area (Å²) in [6, 6.07) is 28.3. The molecule has 0 saturated carbocycles. The Morgan fingerprint density at radius 1 is 0.682 bits per heavy atom. The van der Waals surface area contributed by atoms with Crippen molar-refractivity contribution in [1.29, 1.82) is 0 Å². The van der Waals surface area contributed by atoms with Gasteiger partial charge in [-0.1, -0.05) is 90.5 Å². The van der Waals surface area contributed by atoms with Gasteiger partial charge in [-0.25, -0.2) is 0 Å². The highest BCUT2D eigenvalue weighted by Crippen LogP contribution is 2.42. The third-order valence-electron chi connectivity index (χ3n) is 4.01. The summed E-state index contributed by atoms with van der Waals surface area (Å²) in [6.45, 7) is 1.74. The topological polar surface area (TPSA) is 26.0 Å². The van der Waals surface area contributed by atoms with Crippen molar-refractivity contribution in [1.82, 2.24) is 0 Å². The van der Waals surface area contributed by atoms with Crippen molar-refractivity contribution in [2.24, 2.45) is 5.73 Å². The maximum atomic E-state index is 6.51. The molecule has 1 radical (unpaired) electrons. The summed E-state index contributed by atoms with van der Waals surface area (Å²) in [4.78, 5) is 0. The van der Waals surface area contributed by atoms with Gasteiger partial charge in [-0.2, -0.15) is 0 Å². The quantitative estimate of drug-likeness (QED) is 0.689. The molecule has 0 saturated heterocycles. The van der Waals surface area contributed by atoms with Crippen LogP contribution in [0.1, 0.15) is 16.7 Å². The first-order valence-electron chi connectivity index (χ1n) is 7.21. The van der Waals surface area contributed by atoms with Crippen molar-refractivity contribution in [3.8, 4) is 0 Å². The summed E-state index contributed by atoms with van der Waals surface area (Å²) in [5.41, 5.74) is 8.79. The lowest BCUT2D eigenvalue weighted by atomic mass is 9.69. The zero-order valence-corrected chi connectivity index (χ0v) is 12.9. The van der Waals surface area contributed by atoms with E-state index in [0.29, 0.717) is 5.02 Å². The molecule has 0 aliphatic rings. The first kappa shape index (κ1) is 14.8. The maximum absolute atomic E-state index is 6.51. The van der Waals surface area contributed by atoms with E-state index in [9.17, 15) is 0 Å². The van der Waals surface area contributed by atoms with Gasteiger partial charge in [-0.05, 0) is 22.8 Å². The predicted molar refractivity (Wildman–Crippen MR) is 92.7 cm³/mol. The molecule has 3 rings (SSSR count). The molecule has 22 heavy (non-hydrogen) atoms. The third kappa shape index (κ3) is 2.43. The second-order valence-electron chi connectivity index (χ2n) is 5.19. The fraction of sp³-hybridized carbons (Fsp3) is 0.0500. The Balaban J connectivity index is 2.34. The molecule has 0 heterocycles. The Bertz CT molecular complexity index is 698. The molecule has 3 aromatic carbocycles. The zero-order valence-electron chi connectivity index (χ0n) is 12.1. The summed E-state index contributed by atoms with van der Waals surface area (Å²) in [5.74, 6) is 0. The van der Waals surface area contributed by atoms with Crippen LogP contribution in [0.15, 0.2) is 84.9 Å². The van der Waals surface area contributed by atoms with E-state index in [2.05, 4.69) is 24.3 Å². The van der Waals surface area contributed by atoms with Crippen LogP contribution in [0.3, 0.4) is 0 Å². The lowest BCUT2D eigenvalue weighted by molar-refractivity contribution is 0.706. The highest BCUT2D eigenvalue weighted by Gasteiger charge is 2.36. The largest absolute Gasteiger partial charge is 0.325 e. The van der Waals surface area contributed by atoms with Crippen molar-refractivity contribution in [2.75, 3.05) is 0 Å². The number of rotatable bonds is 4. The minimum atomic E-state index is -0.569. The van der Waals surface area contributed by atoms with Crippen LogP contribution in [-0.2, 0) is 5.41 Å². The van der Waals surface area contributed by atoms with E-state index >= 15 is 0 Å². The van der Waals surface area contributed by atoms with Gasteiger partial charge < -0.3 is 5.73 Å². The fourth-order valence-corrected chi connectivity index (χ4v) is 3.23. The monoisotopic (exact) mass is 306 g/mol. The van der Waals surface area contributed by atoms with E-state index in [-0.39, 0.29) is 0 Å². The summed E-state index contributed by atoms with van der Waals surface area (Å²) in [6.07, 6.45) is 0. The molecule has 0 aromatic heterocycles. The van der Waals surface area contributed by atoms with Crippen LogP contribution in [0, 0.1) is 6.54 Å². The van der Waals surface area contributed by atoms with Gasteiger partial charge in [0.05, 0.1) is 5.41 Å². The van der Waals surface area contributed by atoms with Gasteiger partial charge in [0, 0.05) is 11.6 Å². The van der Waals surface area contributed by atoms with Crippen molar-refractivity contribution < 1.29 is 0 Å². The van der Waals surface area contributed by atoms with Crippen LogP contribution in [-0.4, -0.2) is 0 Å². The first-order chi connectivity index (χ1) is 10.8. The smallest absolute Gasteiger partial charge is 0.0632 e. The Labute approximate surface area is 136 Å². The molecule has 0 fully saturated rings. The Hall–Kier alpha value is -2.09. The maximum Gasteiger partial charge on any atom is 0.0632 e. The number of hydrogen-bond donors (Lipinski definition) is 1. The number of halogens is 1. The van der Waals surface area contributed by atoms with E-state index in [1.54, 1.807) is 6.54 Å². The molecule has 3 aromatic rings. The van der Waals surface area contributed by atoms with Crippen LogP contribution >= 0.6 is 11.6 Å². The van der Waals surface area contributed by atoms with Crippen molar-refractivity contribution in [2.45, 2.75) is 5.41 Å². The third-order valence-corrected chi connectivity index (χ3v) is 4.34. The summed E-state index contributed by atoms with van der Waals surface area (Å²) in [7, 11) is 0. The molecule has 1 nitrogen and oxygen atoms in total. The number of nitrogens with two attached hydrogens (primary N) is 1. The van der Waals surface area contributed by atoms with Crippen LogP contribution in [0.2, 0.25) is 5.02 Å². The minimum absolute atomic E-state index is 0.569. The molecule has 2 heteroatoms. The average Bonchev–Trinajstić information content (AvgIpc) is 2.59. The van der Waals surface area contributed by atoms with E-state index < -0.39 is 5.41 Å². The Morgan fingerprint density at radius 3 is 1.59 bits per heavy atom. The molecule has 0 atom stereocenters. The second-order valence-corrected chi connectivity index (χ2v) is 5.59. The standard InChI is InChI=1S/C20H17ClN/c21-19-14-8-7-13-18(19)20(15-22,16-9-3-1-4-10-16)17-11-5-2-6-12-17/h1-15H,22H2. The van der Waals surface area contributed by atoms with Crippen molar-refractivity contribution in [3.63, 3.8) is 0 Å². The van der Waals surface area contributed by atoms with Crippen molar-refractivity contribution in [3.05, 3.63) is 113 Å². The van der Waals surface area contributed by atoms with Gasteiger partial charge in [-0.3, -0.25) is 0 Å². The molecule has 2 N–H and O–H groups in total. The van der Waals surface area contributed by atoms with Crippen LogP contribution < -0.4 is 5.73 Å². The molecule has 109 valence electrons. The minimum Gasteiger partial charge on any atom is -0.325 e. The summed E-state index contributed by atoms with van der Waals surface area (Å²) < 4.78 is 0. The molecule has 0 bridgehead atoms. The van der Waals surface area contributed by atoms with Crippen LogP contribution in [0.4, 0.5) is 0 Å². The molecule has 0 aliphatic carbocycles. The van der Waals surface area contributed by atoms with E-state index in [4.69, 9.17) is 17.3 Å². The summed E-state index contributed by atoms with van der Waals surface area (Å²) in [5, 5.41) is 0.705. The number of hydrogen-bond acceptors (Lipinski definition) is 1. The van der Waals surface area contributed by atoms with Crippen molar-refractivity contribution >= 4 is 11.6 Å². The van der Waals surface area contributed by atoms with E-state index in [1.165, 1.54) is 0 Å². The molecule has 0 unspecified atom stereocenters. The van der Waals surface area contributed by atoms with Gasteiger partial charge in [0.25, 0.3) is 0 Å². The molecule has 0 spiro atoms. The highest BCUT2D eigenvalue weighted by molar-refractivity contribution is 6.31. The van der Waals surface area contributed by atoms with E-state index in [0.717, 1.165) is 16.7 Å². The lowest BCUT2D eigenvalue weighted by Gasteiger charge is -2.35. The van der Waals surface area contributed by atoms with Crippen LogP contribution in [0.25, 0.3) is 0 Å². The first-order valence-corrected chi connectivity index (χ1v) is 7.59. The lowest BCUT2D eigenvalue weighted by Crippen LogP contribution is -2.33. The Kier molecular flexibility index (Phi) is 4.28. The molecule has 0 aliphatic heterocycles. The predicted octanol–water partition coefficient (Wildman–Crippen LogP) is 4.79. The molecule has 0 amide bonds. The summed E-state index contributed by atoms with van der Waals surface area (Å²) >= 11 is 6.51. The van der Waals surface area contributed by atoms with Crippen LogP contribution in [0.5, 0.6) is 0 Å².